The number of aliphatic hydroxyl groups excluding tert-OH is 2. The fraction of sp³-hybridized carbons (Fsp3) is 0.160. The maximum absolute atomic E-state index is 14.5. The highest BCUT2D eigenvalue weighted by Crippen LogP contribution is 2.30. The van der Waals surface area contributed by atoms with Crippen LogP contribution in [0.25, 0.3) is 11.0 Å². The number of carbonyl (C=O) groups is 2. The first-order chi connectivity index (χ1) is 15.4. The van der Waals surface area contributed by atoms with Crippen LogP contribution < -0.4 is 0 Å². The first kappa shape index (κ1) is 21.5. The Bertz CT molecular complexity index is 1280. The Labute approximate surface area is 183 Å². The van der Waals surface area contributed by atoms with Crippen molar-refractivity contribution in [3.63, 3.8) is 0 Å². The molecule has 6 nitrogen and oxygen atoms in total. The van der Waals surface area contributed by atoms with Crippen molar-refractivity contribution in [2.45, 2.75) is 18.9 Å². The highest BCUT2D eigenvalue weighted by molar-refractivity contribution is 6.20. The van der Waals surface area contributed by atoms with E-state index >= 15 is 0 Å². The number of hydrogen-bond donors (Lipinski definition) is 3. The summed E-state index contributed by atoms with van der Waals surface area (Å²) in [4.78, 5) is 34.6. The van der Waals surface area contributed by atoms with Gasteiger partial charge in [-0.25, -0.2) is 9.37 Å². The maximum Gasteiger partial charge on any atom is 0.184 e. The molecule has 4 aromatic rings. The molecule has 2 unspecified atom stereocenters. The number of imidazole rings is 1. The molecule has 0 saturated carbocycles. The van der Waals surface area contributed by atoms with E-state index in [1.54, 1.807) is 43.3 Å². The predicted octanol–water partition coefficient (Wildman–Crippen LogP) is 3.89. The summed E-state index contributed by atoms with van der Waals surface area (Å²) in [5, 5.41) is 19.4. The zero-order valence-electron chi connectivity index (χ0n) is 17.2. The number of fused-ring (bicyclic) bond motifs is 1. The van der Waals surface area contributed by atoms with Crippen LogP contribution in [0.5, 0.6) is 0 Å². The second-order valence-electron chi connectivity index (χ2n) is 7.50. The van der Waals surface area contributed by atoms with Crippen LogP contribution in [0.2, 0.25) is 0 Å². The van der Waals surface area contributed by atoms with E-state index in [4.69, 9.17) is 0 Å². The van der Waals surface area contributed by atoms with Gasteiger partial charge in [-0.2, -0.15) is 0 Å². The van der Waals surface area contributed by atoms with Crippen LogP contribution in [0.15, 0.2) is 66.7 Å². The Morgan fingerprint density at radius 3 is 2.34 bits per heavy atom. The Kier molecular flexibility index (Phi) is 5.94. The Morgan fingerprint density at radius 1 is 0.969 bits per heavy atom. The van der Waals surface area contributed by atoms with E-state index in [2.05, 4.69) is 9.97 Å². The second kappa shape index (κ2) is 8.82. The molecular weight excluding hydrogens is 411 g/mol. The molecule has 0 fully saturated rings. The minimum absolute atomic E-state index is 0.108. The summed E-state index contributed by atoms with van der Waals surface area (Å²) >= 11 is 0. The van der Waals surface area contributed by atoms with E-state index in [-0.39, 0.29) is 17.0 Å². The third-order valence-electron chi connectivity index (χ3n) is 5.52. The van der Waals surface area contributed by atoms with Gasteiger partial charge in [-0.3, -0.25) is 9.59 Å². The predicted molar refractivity (Wildman–Crippen MR) is 117 cm³/mol. The molecule has 1 heterocycles. The molecule has 0 aliphatic heterocycles. The smallest absolute Gasteiger partial charge is 0.184 e. The molecule has 1 aromatic heterocycles. The summed E-state index contributed by atoms with van der Waals surface area (Å²) in [6, 6.07) is 17.3. The molecule has 0 spiro atoms. The number of para-hydroxylation sites is 2. The molecule has 0 aliphatic carbocycles. The van der Waals surface area contributed by atoms with Gasteiger partial charge in [-0.1, -0.05) is 42.5 Å². The number of nitrogens with zero attached hydrogens (tertiary/aromatic N) is 1. The topological polar surface area (TPSA) is 103 Å². The van der Waals surface area contributed by atoms with E-state index in [1.165, 1.54) is 24.3 Å². The number of H-pyrrole nitrogens is 1. The van der Waals surface area contributed by atoms with Gasteiger partial charge in [0.2, 0.25) is 0 Å². The highest BCUT2D eigenvalue weighted by atomic mass is 19.1. The van der Waals surface area contributed by atoms with Crippen LogP contribution in [-0.2, 0) is 0 Å². The summed E-state index contributed by atoms with van der Waals surface area (Å²) in [6.45, 7) is 1.12. The van der Waals surface area contributed by atoms with Gasteiger partial charge in [-0.05, 0) is 42.3 Å². The molecule has 32 heavy (non-hydrogen) atoms. The molecule has 162 valence electrons. The van der Waals surface area contributed by atoms with Gasteiger partial charge in [0.15, 0.2) is 11.6 Å². The minimum Gasteiger partial charge on any atom is -0.393 e. The quantitative estimate of drug-likeness (QED) is 0.304. The van der Waals surface area contributed by atoms with Gasteiger partial charge in [0.1, 0.15) is 23.7 Å². The van der Waals surface area contributed by atoms with E-state index < -0.39 is 36.0 Å². The standard InChI is InChI=1S/C25H21FN2O4/c1-14-15(21(30)13-29)8-6-9-16(14)23(31)22(24(32)17-7-2-3-10-18(17)26)25-27-19-11-4-5-12-20(19)28-25/h2-12,21-22,29-30H,13H2,1H3,(H,27,28). The van der Waals surface area contributed by atoms with Crippen LogP contribution in [0.1, 0.15) is 49.7 Å². The molecule has 2 atom stereocenters. The number of benzene rings is 3. The van der Waals surface area contributed by atoms with E-state index in [1.807, 2.05) is 0 Å². The molecule has 0 bridgehead atoms. The second-order valence-corrected chi connectivity index (χ2v) is 7.50. The van der Waals surface area contributed by atoms with Crippen LogP contribution in [0, 0.1) is 12.7 Å². The fourth-order valence-corrected chi connectivity index (χ4v) is 3.83. The SMILES string of the molecule is Cc1c(C(=O)C(C(=O)c2ccccc2F)c2nc3ccccc3[nH]2)cccc1C(O)CO. The Hall–Kier alpha value is -3.68. The number of Topliss-reactive ketones (excluding diaryl/α,β-unsaturated/α-hetero) is 2. The molecule has 4 rings (SSSR count). The number of nitrogens with one attached hydrogen (secondary N) is 1. The number of ketones is 2. The maximum atomic E-state index is 14.5. The number of aromatic nitrogens is 2. The normalized spacial score (nSPS) is 13.1. The van der Waals surface area contributed by atoms with Gasteiger partial charge in [0, 0.05) is 5.56 Å². The van der Waals surface area contributed by atoms with Gasteiger partial charge in [0.25, 0.3) is 0 Å². The Morgan fingerprint density at radius 2 is 1.62 bits per heavy atom. The largest absolute Gasteiger partial charge is 0.393 e. The van der Waals surface area contributed by atoms with Gasteiger partial charge in [-0.15, -0.1) is 0 Å². The minimum atomic E-state index is -1.42. The Balaban J connectivity index is 1.87. The van der Waals surface area contributed by atoms with Crippen molar-refractivity contribution >= 4 is 22.6 Å². The lowest BCUT2D eigenvalue weighted by molar-refractivity contribution is 0.0851. The highest BCUT2D eigenvalue weighted by Gasteiger charge is 2.35. The number of carbonyl (C=O) groups excluding carboxylic acids is 2. The first-order valence-corrected chi connectivity index (χ1v) is 10.1. The molecule has 7 heteroatoms. The molecule has 0 aliphatic rings. The van der Waals surface area contributed by atoms with Crippen LogP contribution >= 0.6 is 0 Å². The van der Waals surface area contributed by atoms with Crippen molar-refractivity contribution in [1.82, 2.24) is 9.97 Å². The molecule has 3 aromatic carbocycles. The van der Waals surface area contributed by atoms with Crippen LogP contribution in [-0.4, -0.2) is 38.4 Å². The van der Waals surface area contributed by atoms with E-state index in [0.29, 0.717) is 22.2 Å². The van der Waals surface area contributed by atoms with Crippen molar-refractivity contribution in [3.05, 3.63) is 101 Å². The van der Waals surface area contributed by atoms with Crippen LogP contribution in [0.4, 0.5) is 4.39 Å². The monoisotopic (exact) mass is 432 g/mol. The molecular formula is C25H21FN2O4. The summed E-state index contributed by atoms with van der Waals surface area (Å²) in [5.41, 5.74) is 1.99. The van der Waals surface area contributed by atoms with E-state index in [9.17, 15) is 24.2 Å². The van der Waals surface area contributed by atoms with Gasteiger partial charge in [0.05, 0.1) is 23.2 Å². The summed E-state index contributed by atoms with van der Waals surface area (Å²) in [6.07, 6.45) is -1.17. The van der Waals surface area contributed by atoms with Crippen molar-refractivity contribution in [3.8, 4) is 0 Å². The van der Waals surface area contributed by atoms with Crippen molar-refractivity contribution in [2.24, 2.45) is 0 Å². The number of aliphatic hydroxyl groups is 2. The van der Waals surface area contributed by atoms with Crippen LogP contribution in [0.3, 0.4) is 0 Å². The third-order valence-corrected chi connectivity index (χ3v) is 5.52. The lowest BCUT2D eigenvalue weighted by Crippen LogP contribution is -2.25. The summed E-state index contributed by atoms with van der Waals surface area (Å²) in [7, 11) is 0. The lowest BCUT2D eigenvalue weighted by atomic mass is 9.86. The number of hydrogen-bond acceptors (Lipinski definition) is 5. The molecule has 0 amide bonds. The van der Waals surface area contributed by atoms with Crippen molar-refractivity contribution in [2.75, 3.05) is 6.61 Å². The summed E-state index contributed by atoms with van der Waals surface area (Å²) in [5.74, 6) is -3.34. The van der Waals surface area contributed by atoms with Crippen molar-refractivity contribution in [1.29, 1.82) is 0 Å². The van der Waals surface area contributed by atoms with Crippen molar-refractivity contribution < 1.29 is 24.2 Å². The number of halogens is 1. The third kappa shape index (κ3) is 3.84. The number of rotatable bonds is 7. The zero-order valence-corrected chi connectivity index (χ0v) is 17.2. The zero-order chi connectivity index (χ0) is 22.8. The fourth-order valence-electron chi connectivity index (χ4n) is 3.83. The molecule has 3 N–H and O–H groups in total. The average molecular weight is 432 g/mol. The molecule has 0 radical (unpaired) electrons. The summed E-state index contributed by atoms with van der Waals surface area (Å²) < 4.78 is 14.5. The van der Waals surface area contributed by atoms with Gasteiger partial charge >= 0.3 is 0 Å². The number of aromatic amines is 1. The van der Waals surface area contributed by atoms with Gasteiger partial charge < -0.3 is 15.2 Å². The lowest BCUT2D eigenvalue weighted by Gasteiger charge is -2.18. The molecule has 0 saturated heterocycles. The van der Waals surface area contributed by atoms with E-state index in [0.717, 1.165) is 6.07 Å². The average Bonchev–Trinajstić information content (AvgIpc) is 3.22. The first-order valence-electron chi connectivity index (χ1n) is 10.1.